The molecule has 1 aliphatic rings. The number of carbonyl (C=O) groups is 1. The van der Waals surface area contributed by atoms with Gasteiger partial charge >= 0.3 is 5.97 Å². The quantitative estimate of drug-likeness (QED) is 0.535. The molecular weight excluding hydrogens is 130 g/mol. The molecule has 1 saturated heterocycles. The Morgan fingerprint density at radius 2 is 2.50 bits per heavy atom. The van der Waals surface area contributed by atoms with Gasteiger partial charge in [0.1, 0.15) is 0 Å². The summed E-state index contributed by atoms with van der Waals surface area (Å²) < 4.78 is 0. The van der Waals surface area contributed by atoms with E-state index in [9.17, 15) is 4.79 Å². The second-order valence-electron chi connectivity index (χ2n) is 2.63. The largest absolute Gasteiger partial charge is 0.478 e. The lowest BCUT2D eigenvalue weighted by Gasteiger charge is -2.01. The van der Waals surface area contributed by atoms with Gasteiger partial charge in [0.15, 0.2) is 0 Å². The Labute approximate surface area is 59.9 Å². The molecule has 0 radical (unpaired) electrons. The van der Waals surface area contributed by atoms with Crippen molar-refractivity contribution < 1.29 is 9.90 Å². The lowest BCUT2D eigenvalue weighted by atomic mass is 10.2. The van der Waals surface area contributed by atoms with Crippen LogP contribution in [0.15, 0.2) is 11.6 Å². The first-order chi connectivity index (χ1) is 4.68. The van der Waals surface area contributed by atoms with Gasteiger partial charge in [-0.1, -0.05) is 0 Å². The molecule has 10 heavy (non-hydrogen) atoms. The van der Waals surface area contributed by atoms with Crippen LogP contribution in [0.2, 0.25) is 0 Å². The normalized spacial score (nSPS) is 23.9. The van der Waals surface area contributed by atoms with Crippen molar-refractivity contribution >= 4 is 5.97 Å². The highest BCUT2D eigenvalue weighted by atomic mass is 16.4. The second kappa shape index (κ2) is 2.84. The van der Waals surface area contributed by atoms with E-state index in [1.165, 1.54) is 6.08 Å². The predicted octanol–water partition coefficient (Wildman–Crippen LogP) is 0.333. The van der Waals surface area contributed by atoms with Crippen LogP contribution >= 0.6 is 0 Å². The van der Waals surface area contributed by atoms with Crippen molar-refractivity contribution in [2.45, 2.75) is 6.42 Å². The molecule has 0 bridgehead atoms. The molecule has 0 aromatic carbocycles. The van der Waals surface area contributed by atoms with Crippen LogP contribution in [0.3, 0.4) is 0 Å². The number of rotatable bonds is 1. The van der Waals surface area contributed by atoms with Gasteiger partial charge in [0.05, 0.1) is 0 Å². The Bertz CT molecular complexity index is 174. The summed E-state index contributed by atoms with van der Waals surface area (Å²) in [5.41, 5.74) is 1.02. The van der Waals surface area contributed by atoms with Crippen LogP contribution in [0, 0.1) is 0 Å². The third-order valence-electron chi connectivity index (χ3n) is 1.62. The number of likely N-dealkylation sites (tertiary alicyclic amines) is 1. The lowest BCUT2D eigenvalue weighted by Crippen LogP contribution is -2.11. The smallest absolute Gasteiger partial charge is 0.328 e. The highest BCUT2D eigenvalue weighted by Crippen LogP contribution is 2.11. The van der Waals surface area contributed by atoms with Gasteiger partial charge in [-0.2, -0.15) is 0 Å². The zero-order valence-corrected chi connectivity index (χ0v) is 6.00. The van der Waals surface area contributed by atoms with Crippen LogP contribution < -0.4 is 0 Å². The van der Waals surface area contributed by atoms with Crippen molar-refractivity contribution in [1.82, 2.24) is 4.90 Å². The van der Waals surface area contributed by atoms with Gasteiger partial charge in [0.25, 0.3) is 0 Å². The average Bonchev–Trinajstić information content (AvgIpc) is 2.13. The van der Waals surface area contributed by atoms with E-state index in [0.29, 0.717) is 0 Å². The van der Waals surface area contributed by atoms with Crippen LogP contribution in [0.1, 0.15) is 6.42 Å². The molecule has 0 atom stereocenters. The summed E-state index contributed by atoms with van der Waals surface area (Å²) in [6, 6.07) is 0. The third kappa shape index (κ3) is 1.84. The van der Waals surface area contributed by atoms with Gasteiger partial charge in [-0.15, -0.1) is 0 Å². The molecule has 1 rings (SSSR count). The van der Waals surface area contributed by atoms with Crippen molar-refractivity contribution in [3.63, 3.8) is 0 Å². The van der Waals surface area contributed by atoms with Crippen molar-refractivity contribution in [3.8, 4) is 0 Å². The molecule has 0 aliphatic carbocycles. The van der Waals surface area contributed by atoms with Crippen LogP contribution in [0.4, 0.5) is 0 Å². The zero-order valence-electron chi connectivity index (χ0n) is 6.00. The Morgan fingerprint density at radius 3 is 2.90 bits per heavy atom. The minimum absolute atomic E-state index is 0.812. The van der Waals surface area contributed by atoms with E-state index in [-0.39, 0.29) is 0 Å². The van der Waals surface area contributed by atoms with Gasteiger partial charge < -0.3 is 10.0 Å². The maximum atomic E-state index is 10.2. The minimum Gasteiger partial charge on any atom is -0.478 e. The summed E-state index contributed by atoms with van der Waals surface area (Å²) in [4.78, 5) is 12.3. The van der Waals surface area contributed by atoms with Gasteiger partial charge in [-0.3, -0.25) is 0 Å². The topological polar surface area (TPSA) is 40.5 Å². The van der Waals surface area contributed by atoms with E-state index < -0.39 is 5.97 Å². The summed E-state index contributed by atoms with van der Waals surface area (Å²) in [5, 5.41) is 8.37. The predicted molar refractivity (Wildman–Crippen MR) is 37.8 cm³/mol. The van der Waals surface area contributed by atoms with Crippen molar-refractivity contribution in [3.05, 3.63) is 11.6 Å². The molecule has 0 aromatic heterocycles. The number of carboxylic acids is 1. The maximum Gasteiger partial charge on any atom is 0.328 e. The summed E-state index contributed by atoms with van der Waals surface area (Å²) >= 11 is 0. The summed E-state index contributed by atoms with van der Waals surface area (Å²) in [5.74, 6) is -0.828. The molecule has 0 spiro atoms. The Morgan fingerprint density at radius 1 is 1.80 bits per heavy atom. The molecule has 0 amide bonds. The van der Waals surface area contributed by atoms with Gasteiger partial charge in [0.2, 0.25) is 0 Å². The van der Waals surface area contributed by atoms with Crippen LogP contribution in [0.5, 0.6) is 0 Å². The first-order valence-corrected chi connectivity index (χ1v) is 3.29. The Kier molecular flexibility index (Phi) is 2.06. The van der Waals surface area contributed by atoms with Crippen LogP contribution in [-0.2, 0) is 4.79 Å². The van der Waals surface area contributed by atoms with Gasteiger partial charge in [-0.05, 0) is 19.0 Å². The molecular formula is C7H11NO2. The highest BCUT2D eigenvalue weighted by molar-refractivity contribution is 5.80. The first-order valence-electron chi connectivity index (χ1n) is 3.29. The monoisotopic (exact) mass is 141 g/mol. The van der Waals surface area contributed by atoms with Crippen molar-refractivity contribution in [1.29, 1.82) is 0 Å². The fraction of sp³-hybridized carbons (Fsp3) is 0.571. The Hall–Kier alpha value is -0.830. The van der Waals surface area contributed by atoms with E-state index in [4.69, 9.17) is 5.11 Å². The number of hydrogen-bond acceptors (Lipinski definition) is 2. The fourth-order valence-corrected chi connectivity index (χ4v) is 1.13. The number of hydrogen-bond donors (Lipinski definition) is 1. The van der Waals surface area contributed by atoms with Crippen molar-refractivity contribution in [2.75, 3.05) is 20.1 Å². The molecule has 1 aliphatic heterocycles. The average molecular weight is 141 g/mol. The summed E-state index contributed by atoms with van der Waals surface area (Å²) in [6.07, 6.45) is 2.21. The van der Waals surface area contributed by atoms with E-state index in [0.717, 1.165) is 25.1 Å². The first kappa shape index (κ1) is 7.28. The summed E-state index contributed by atoms with van der Waals surface area (Å²) in [7, 11) is 1.99. The van der Waals surface area contributed by atoms with E-state index in [2.05, 4.69) is 4.90 Å². The van der Waals surface area contributed by atoms with Gasteiger partial charge in [0, 0.05) is 19.2 Å². The molecule has 0 aromatic rings. The standard InChI is InChI=1S/C7H11NO2/c1-8-3-2-6(5-8)4-7(9)10/h4H,2-3,5H2,1H3,(H,9,10). The number of carboxylic acid groups (broad SMARTS) is 1. The zero-order chi connectivity index (χ0) is 7.56. The van der Waals surface area contributed by atoms with E-state index in [1.807, 2.05) is 7.05 Å². The summed E-state index contributed by atoms with van der Waals surface area (Å²) in [6.45, 7) is 1.80. The molecule has 0 unspecified atom stereocenters. The fourth-order valence-electron chi connectivity index (χ4n) is 1.13. The van der Waals surface area contributed by atoms with E-state index >= 15 is 0 Å². The number of nitrogens with zero attached hydrogens (tertiary/aromatic N) is 1. The number of likely N-dealkylation sites (N-methyl/N-ethyl adjacent to an activating group) is 1. The van der Waals surface area contributed by atoms with Gasteiger partial charge in [-0.25, -0.2) is 4.79 Å². The molecule has 3 heteroatoms. The van der Waals surface area contributed by atoms with Crippen LogP contribution in [-0.4, -0.2) is 36.1 Å². The van der Waals surface area contributed by atoms with Crippen LogP contribution in [0.25, 0.3) is 0 Å². The SMILES string of the molecule is CN1CCC(=CC(=O)O)C1. The van der Waals surface area contributed by atoms with Crippen molar-refractivity contribution in [2.24, 2.45) is 0 Å². The molecule has 0 saturated carbocycles. The minimum atomic E-state index is -0.828. The lowest BCUT2D eigenvalue weighted by molar-refractivity contribution is -0.131. The second-order valence-corrected chi connectivity index (χ2v) is 2.63. The molecule has 1 heterocycles. The Balaban J connectivity index is 2.51. The maximum absolute atomic E-state index is 10.2. The van der Waals surface area contributed by atoms with E-state index in [1.54, 1.807) is 0 Å². The molecule has 3 nitrogen and oxygen atoms in total. The molecule has 1 N–H and O–H groups in total. The third-order valence-corrected chi connectivity index (χ3v) is 1.62. The number of aliphatic carboxylic acids is 1. The molecule has 1 fully saturated rings. The highest BCUT2D eigenvalue weighted by Gasteiger charge is 2.12. The molecule has 56 valence electrons.